The molecule has 2 N–H and O–H groups in total. The smallest absolute Gasteiger partial charge is 0.0751 e. The van der Waals surface area contributed by atoms with E-state index in [1.54, 1.807) is 32.1 Å². The van der Waals surface area contributed by atoms with Crippen LogP contribution in [0.25, 0.3) is 0 Å². The van der Waals surface area contributed by atoms with E-state index in [1.165, 1.54) is 0 Å². The Morgan fingerprint density at radius 2 is 2.09 bits per heavy atom. The molecule has 0 rings (SSSR count). The molecule has 0 aliphatic carbocycles. The molecule has 0 radical (unpaired) electrons. The number of hydrogen-bond acceptors (Lipinski definition) is 2. The van der Waals surface area contributed by atoms with Crippen LogP contribution in [0.2, 0.25) is 0 Å². The number of aliphatic hydroxyl groups excluding tert-OH is 1. The Balaban J connectivity index is 3.78. The molecule has 1 atom stereocenters. The molecule has 64 valence electrons. The molecule has 0 saturated heterocycles. The van der Waals surface area contributed by atoms with Gasteiger partial charge in [0.2, 0.25) is 0 Å². The van der Waals surface area contributed by atoms with E-state index < -0.39 is 11.7 Å². The summed E-state index contributed by atoms with van der Waals surface area (Å²) in [4.78, 5) is 0. The molecule has 0 bridgehead atoms. The Morgan fingerprint density at radius 1 is 1.55 bits per heavy atom. The Labute approximate surface area is 67.9 Å². The van der Waals surface area contributed by atoms with Crippen LogP contribution >= 0.6 is 0 Å². The molecule has 11 heavy (non-hydrogen) atoms. The third-order valence-electron chi connectivity index (χ3n) is 1.18. The van der Waals surface area contributed by atoms with Gasteiger partial charge in [-0.3, -0.25) is 0 Å². The van der Waals surface area contributed by atoms with Gasteiger partial charge in [0, 0.05) is 6.42 Å². The third-order valence-corrected chi connectivity index (χ3v) is 1.18. The van der Waals surface area contributed by atoms with Crippen molar-refractivity contribution >= 4 is 0 Å². The monoisotopic (exact) mass is 156 g/mol. The summed E-state index contributed by atoms with van der Waals surface area (Å²) < 4.78 is 0. The molecule has 0 aromatic rings. The van der Waals surface area contributed by atoms with Crippen LogP contribution < -0.4 is 0 Å². The molecule has 0 aromatic heterocycles. The van der Waals surface area contributed by atoms with Crippen molar-refractivity contribution < 1.29 is 10.2 Å². The zero-order chi connectivity index (χ0) is 8.91. The molecule has 0 spiro atoms. The fourth-order valence-corrected chi connectivity index (χ4v) is 0.787. The minimum atomic E-state index is -0.815. The van der Waals surface area contributed by atoms with Crippen LogP contribution in [0.4, 0.5) is 0 Å². The topological polar surface area (TPSA) is 40.5 Å². The summed E-state index contributed by atoms with van der Waals surface area (Å²) in [6.07, 6.45) is 4.61. The molecule has 0 amide bonds. The minimum absolute atomic E-state index is 0.345. The molecule has 0 fully saturated rings. The van der Waals surface area contributed by atoms with Crippen molar-refractivity contribution in [1.82, 2.24) is 0 Å². The summed E-state index contributed by atoms with van der Waals surface area (Å²) in [5, 5.41) is 18.5. The summed E-state index contributed by atoms with van der Waals surface area (Å²) in [7, 11) is 0. The highest BCUT2D eigenvalue weighted by Crippen LogP contribution is 2.11. The average Bonchev–Trinajstić information content (AvgIpc) is 1.79. The summed E-state index contributed by atoms with van der Waals surface area (Å²) in [6, 6.07) is 0. The van der Waals surface area contributed by atoms with Crippen LogP contribution in [0.5, 0.6) is 0 Å². The fourth-order valence-electron chi connectivity index (χ4n) is 0.787. The van der Waals surface area contributed by atoms with Gasteiger partial charge < -0.3 is 10.2 Å². The molecule has 0 aromatic carbocycles. The number of hydrogen-bond donors (Lipinski definition) is 2. The second-order valence-electron chi connectivity index (χ2n) is 3.20. The molecule has 0 heterocycles. The third kappa shape index (κ3) is 7.30. The lowest BCUT2D eigenvalue weighted by molar-refractivity contribution is 0.0331. The predicted molar refractivity (Wildman–Crippen MR) is 46.3 cm³/mol. The summed E-state index contributed by atoms with van der Waals surface area (Å²) in [5.74, 6) is 0. The van der Waals surface area contributed by atoms with Gasteiger partial charge in [0.1, 0.15) is 0 Å². The first-order valence-electron chi connectivity index (χ1n) is 3.65. The van der Waals surface area contributed by atoms with E-state index in [-0.39, 0.29) is 0 Å². The lowest BCUT2D eigenvalue weighted by Crippen LogP contribution is -2.24. The van der Waals surface area contributed by atoms with Gasteiger partial charge >= 0.3 is 0 Å². The van der Waals surface area contributed by atoms with Gasteiger partial charge in [-0.25, -0.2) is 0 Å². The van der Waals surface area contributed by atoms with E-state index in [2.05, 4.69) is 6.58 Å². The van der Waals surface area contributed by atoms with Crippen molar-refractivity contribution in [1.29, 1.82) is 0 Å². The van der Waals surface area contributed by atoms with Gasteiger partial charge in [-0.1, -0.05) is 24.8 Å². The number of aliphatic hydroxyl groups is 2. The van der Waals surface area contributed by atoms with Gasteiger partial charge in [-0.15, -0.1) is 0 Å². The van der Waals surface area contributed by atoms with Crippen LogP contribution in [-0.4, -0.2) is 21.9 Å². The molecule has 0 saturated carbocycles. The van der Waals surface area contributed by atoms with E-state index in [0.29, 0.717) is 6.42 Å². The largest absolute Gasteiger partial charge is 0.390 e. The van der Waals surface area contributed by atoms with Crippen LogP contribution in [0.15, 0.2) is 24.8 Å². The van der Waals surface area contributed by atoms with Gasteiger partial charge in [-0.05, 0) is 13.8 Å². The van der Waals surface area contributed by atoms with E-state index in [1.807, 2.05) is 0 Å². The normalized spacial score (nSPS) is 15.3. The van der Waals surface area contributed by atoms with Crippen LogP contribution in [0, 0.1) is 0 Å². The quantitative estimate of drug-likeness (QED) is 0.601. The van der Waals surface area contributed by atoms with E-state index in [4.69, 9.17) is 0 Å². The first-order chi connectivity index (χ1) is 4.95. The number of allylic oxidation sites excluding steroid dienone is 2. The standard InChI is InChI=1S/C9H16O2/c1-4-5-6-8(10)7-9(2,3)11/h4-6,8,10-11H,1,7H2,2-3H3. The van der Waals surface area contributed by atoms with Gasteiger partial charge in [-0.2, -0.15) is 0 Å². The number of rotatable bonds is 4. The molecule has 2 heteroatoms. The molecule has 2 nitrogen and oxygen atoms in total. The van der Waals surface area contributed by atoms with Crippen molar-refractivity contribution in [3.8, 4) is 0 Å². The van der Waals surface area contributed by atoms with Crippen molar-refractivity contribution in [3.63, 3.8) is 0 Å². The Hall–Kier alpha value is -0.600. The summed E-state index contributed by atoms with van der Waals surface area (Å²) in [5.41, 5.74) is -0.815. The van der Waals surface area contributed by atoms with E-state index in [9.17, 15) is 10.2 Å². The first kappa shape index (κ1) is 10.4. The van der Waals surface area contributed by atoms with E-state index in [0.717, 1.165) is 0 Å². The average molecular weight is 156 g/mol. The van der Waals surface area contributed by atoms with Crippen molar-refractivity contribution in [3.05, 3.63) is 24.8 Å². The highest BCUT2D eigenvalue weighted by atomic mass is 16.3. The maximum atomic E-state index is 9.27. The molecule has 0 aliphatic rings. The first-order valence-corrected chi connectivity index (χ1v) is 3.65. The van der Waals surface area contributed by atoms with Gasteiger partial charge in [0.15, 0.2) is 0 Å². The Morgan fingerprint density at radius 3 is 2.45 bits per heavy atom. The van der Waals surface area contributed by atoms with Gasteiger partial charge in [0.25, 0.3) is 0 Å². The molecular weight excluding hydrogens is 140 g/mol. The maximum Gasteiger partial charge on any atom is 0.0751 e. The molecule has 1 unspecified atom stereocenters. The van der Waals surface area contributed by atoms with Crippen molar-refractivity contribution in [2.24, 2.45) is 0 Å². The Bertz CT molecular complexity index is 142. The Kier molecular flexibility index (Phi) is 4.08. The maximum absolute atomic E-state index is 9.27. The van der Waals surface area contributed by atoms with Crippen LogP contribution in [0.1, 0.15) is 20.3 Å². The highest BCUT2D eigenvalue weighted by molar-refractivity contribution is 5.01. The summed E-state index contributed by atoms with van der Waals surface area (Å²) >= 11 is 0. The van der Waals surface area contributed by atoms with Crippen molar-refractivity contribution in [2.45, 2.75) is 32.0 Å². The zero-order valence-electron chi connectivity index (χ0n) is 7.12. The van der Waals surface area contributed by atoms with Crippen LogP contribution in [-0.2, 0) is 0 Å². The SMILES string of the molecule is C=CC=CC(O)CC(C)(C)O. The van der Waals surface area contributed by atoms with Crippen molar-refractivity contribution in [2.75, 3.05) is 0 Å². The highest BCUT2D eigenvalue weighted by Gasteiger charge is 2.15. The fraction of sp³-hybridized carbons (Fsp3) is 0.556. The molecule has 0 aliphatic heterocycles. The second kappa shape index (κ2) is 4.31. The van der Waals surface area contributed by atoms with Crippen LogP contribution in [0.3, 0.4) is 0 Å². The van der Waals surface area contributed by atoms with Gasteiger partial charge in [0.05, 0.1) is 11.7 Å². The lowest BCUT2D eigenvalue weighted by Gasteiger charge is -2.18. The second-order valence-corrected chi connectivity index (χ2v) is 3.20. The summed E-state index contributed by atoms with van der Waals surface area (Å²) in [6.45, 7) is 6.80. The molecular formula is C9H16O2. The van der Waals surface area contributed by atoms with E-state index >= 15 is 0 Å². The predicted octanol–water partition coefficient (Wildman–Crippen LogP) is 1.25. The minimum Gasteiger partial charge on any atom is -0.390 e. The lowest BCUT2D eigenvalue weighted by atomic mass is 10.0. The zero-order valence-corrected chi connectivity index (χ0v) is 7.12.